The van der Waals surface area contributed by atoms with Crippen LogP contribution in [0, 0.1) is 11.8 Å². The highest BCUT2D eigenvalue weighted by Crippen LogP contribution is 2.26. The van der Waals surface area contributed by atoms with E-state index in [-0.39, 0.29) is 11.9 Å². The minimum absolute atomic E-state index is 0.0572. The molecule has 2 rings (SSSR count). The summed E-state index contributed by atoms with van der Waals surface area (Å²) in [5, 5.41) is 14.7. The van der Waals surface area contributed by atoms with E-state index in [0.717, 1.165) is 45.1 Å². The van der Waals surface area contributed by atoms with Gasteiger partial charge in [-0.1, -0.05) is 19.3 Å². The van der Waals surface area contributed by atoms with Crippen molar-refractivity contribution in [1.29, 1.82) is 0 Å². The van der Waals surface area contributed by atoms with Crippen molar-refractivity contribution in [1.82, 2.24) is 10.6 Å². The molecule has 0 radical (unpaired) electrons. The van der Waals surface area contributed by atoms with E-state index in [0.29, 0.717) is 19.1 Å². The monoisotopic (exact) mass is 284 g/mol. The van der Waals surface area contributed by atoms with Crippen molar-refractivity contribution in [2.24, 2.45) is 11.8 Å². The van der Waals surface area contributed by atoms with Crippen LogP contribution < -0.4 is 10.6 Å². The lowest BCUT2D eigenvalue weighted by Crippen LogP contribution is -2.50. The minimum atomic E-state index is -0.934. The van der Waals surface area contributed by atoms with Crippen LogP contribution in [0.5, 0.6) is 0 Å². The molecule has 1 aliphatic heterocycles. The summed E-state index contributed by atoms with van der Waals surface area (Å²) in [6.07, 6.45) is 5.98. The normalized spacial score (nSPS) is 25.1. The smallest absolute Gasteiger partial charge is 0.326 e. The standard InChI is InChI=1S/C14H24N2O4/c17-13(18)12(11-4-2-1-3-5-11)16-14(19)15-8-10-6-7-20-9-10/h10-12H,1-9H2,(H,17,18)(H2,15,16,19). The molecule has 2 fully saturated rings. The summed E-state index contributed by atoms with van der Waals surface area (Å²) >= 11 is 0. The molecule has 0 aromatic rings. The number of ether oxygens (including phenoxy) is 1. The van der Waals surface area contributed by atoms with Crippen LogP contribution in [0.1, 0.15) is 38.5 Å². The van der Waals surface area contributed by atoms with Crippen LogP contribution in [0.2, 0.25) is 0 Å². The van der Waals surface area contributed by atoms with Crippen LogP contribution in [0.4, 0.5) is 4.79 Å². The molecule has 3 N–H and O–H groups in total. The molecule has 2 unspecified atom stereocenters. The summed E-state index contributed by atoms with van der Waals surface area (Å²) in [4.78, 5) is 23.2. The van der Waals surface area contributed by atoms with Gasteiger partial charge in [-0.2, -0.15) is 0 Å². The molecule has 2 amide bonds. The van der Waals surface area contributed by atoms with E-state index >= 15 is 0 Å². The molecule has 114 valence electrons. The van der Waals surface area contributed by atoms with Gasteiger partial charge in [0.05, 0.1) is 6.61 Å². The lowest BCUT2D eigenvalue weighted by atomic mass is 9.84. The Bertz CT molecular complexity index is 336. The van der Waals surface area contributed by atoms with Gasteiger partial charge in [-0.3, -0.25) is 0 Å². The Kier molecular flexibility index (Phi) is 5.64. The number of hydrogen-bond donors (Lipinski definition) is 3. The maximum absolute atomic E-state index is 11.8. The Morgan fingerprint density at radius 1 is 1.20 bits per heavy atom. The van der Waals surface area contributed by atoms with Crippen molar-refractivity contribution in [3.05, 3.63) is 0 Å². The third kappa shape index (κ3) is 4.37. The predicted molar refractivity (Wildman–Crippen MR) is 73.5 cm³/mol. The van der Waals surface area contributed by atoms with Crippen LogP contribution >= 0.6 is 0 Å². The maximum atomic E-state index is 11.8. The third-order valence-electron chi connectivity index (χ3n) is 4.25. The first-order chi connectivity index (χ1) is 9.66. The van der Waals surface area contributed by atoms with Crippen LogP contribution in [0.25, 0.3) is 0 Å². The molecular formula is C14H24N2O4. The number of carboxylic acid groups (broad SMARTS) is 1. The first kappa shape index (κ1) is 15.1. The molecule has 0 spiro atoms. The van der Waals surface area contributed by atoms with Crippen molar-refractivity contribution in [2.45, 2.75) is 44.6 Å². The SMILES string of the molecule is O=C(NCC1CCOC1)NC(C(=O)O)C1CCCCC1. The summed E-state index contributed by atoms with van der Waals surface area (Å²) in [5.74, 6) is -0.531. The van der Waals surface area contributed by atoms with Gasteiger partial charge >= 0.3 is 12.0 Å². The van der Waals surface area contributed by atoms with Gasteiger partial charge < -0.3 is 20.5 Å². The predicted octanol–water partition coefficient (Wildman–Crippen LogP) is 1.36. The van der Waals surface area contributed by atoms with Crippen molar-refractivity contribution < 1.29 is 19.4 Å². The lowest BCUT2D eigenvalue weighted by molar-refractivity contribution is -0.141. The van der Waals surface area contributed by atoms with E-state index in [2.05, 4.69) is 10.6 Å². The molecule has 0 aromatic heterocycles. The average molecular weight is 284 g/mol. The highest BCUT2D eigenvalue weighted by Gasteiger charge is 2.30. The molecular weight excluding hydrogens is 260 g/mol. The number of amides is 2. The molecule has 1 saturated carbocycles. The van der Waals surface area contributed by atoms with E-state index < -0.39 is 12.0 Å². The Labute approximate surface area is 119 Å². The molecule has 1 heterocycles. The second-order valence-corrected chi connectivity index (χ2v) is 5.80. The summed E-state index contributed by atoms with van der Waals surface area (Å²) in [6.45, 7) is 1.96. The molecule has 6 nitrogen and oxygen atoms in total. The fourth-order valence-electron chi connectivity index (χ4n) is 3.02. The molecule has 1 aliphatic carbocycles. The second-order valence-electron chi connectivity index (χ2n) is 5.80. The van der Waals surface area contributed by atoms with Gasteiger partial charge in [-0.15, -0.1) is 0 Å². The number of urea groups is 1. The maximum Gasteiger partial charge on any atom is 0.326 e. The highest BCUT2D eigenvalue weighted by molar-refractivity contribution is 5.82. The zero-order chi connectivity index (χ0) is 14.4. The van der Waals surface area contributed by atoms with Crippen molar-refractivity contribution in [3.8, 4) is 0 Å². The van der Waals surface area contributed by atoms with Gasteiger partial charge in [-0.25, -0.2) is 9.59 Å². The average Bonchev–Trinajstić information content (AvgIpc) is 2.96. The molecule has 0 aromatic carbocycles. The lowest BCUT2D eigenvalue weighted by Gasteiger charge is -2.28. The minimum Gasteiger partial charge on any atom is -0.480 e. The third-order valence-corrected chi connectivity index (χ3v) is 4.25. The van der Waals surface area contributed by atoms with E-state index in [1.165, 1.54) is 0 Å². The number of carbonyl (C=O) groups excluding carboxylic acids is 1. The van der Waals surface area contributed by atoms with Gasteiger partial charge in [0.2, 0.25) is 0 Å². The summed E-state index contributed by atoms with van der Waals surface area (Å²) in [5.41, 5.74) is 0. The zero-order valence-corrected chi connectivity index (χ0v) is 11.8. The number of carbonyl (C=O) groups is 2. The number of aliphatic carboxylic acids is 1. The molecule has 2 atom stereocenters. The molecule has 20 heavy (non-hydrogen) atoms. The van der Waals surface area contributed by atoms with Gasteiger partial charge in [0.25, 0.3) is 0 Å². The topological polar surface area (TPSA) is 87.7 Å². The van der Waals surface area contributed by atoms with E-state index in [4.69, 9.17) is 4.74 Å². The van der Waals surface area contributed by atoms with Crippen LogP contribution in [-0.2, 0) is 9.53 Å². The Hall–Kier alpha value is -1.30. The van der Waals surface area contributed by atoms with Crippen molar-refractivity contribution in [3.63, 3.8) is 0 Å². The summed E-state index contributed by atoms with van der Waals surface area (Å²) in [6, 6.07) is -1.15. The number of carboxylic acids is 1. The van der Waals surface area contributed by atoms with Gasteiger partial charge in [0, 0.05) is 19.1 Å². The number of rotatable bonds is 5. The fraction of sp³-hybridized carbons (Fsp3) is 0.857. The summed E-state index contributed by atoms with van der Waals surface area (Å²) < 4.78 is 5.24. The second kappa shape index (κ2) is 7.47. The Morgan fingerprint density at radius 2 is 1.95 bits per heavy atom. The van der Waals surface area contributed by atoms with Gasteiger partial charge in [-0.05, 0) is 25.2 Å². The van der Waals surface area contributed by atoms with Crippen molar-refractivity contribution in [2.75, 3.05) is 19.8 Å². The van der Waals surface area contributed by atoms with E-state index in [1.54, 1.807) is 0 Å². The molecule has 0 bridgehead atoms. The van der Waals surface area contributed by atoms with Crippen LogP contribution in [0.3, 0.4) is 0 Å². The quantitative estimate of drug-likeness (QED) is 0.711. The molecule has 1 saturated heterocycles. The Morgan fingerprint density at radius 3 is 2.55 bits per heavy atom. The largest absolute Gasteiger partial charge is 0.480 e. The van der Waals surface area contributed by atoms with E-state index in [9.17, 15) is 14.7 Å². The van der Waals surface area contributed by atoms with E-state index in [1.807, 2.05) is 0 Å². The van der Waals surface area contributed by atoms with Gasteiger partial charge in [0.15, 0.2) is 0 Å². The summed E-state index contributed by atoms with van der Waals surface area (Å²) in [7, 11) is 0. The Balaban J connectivity index is 1.77. The first-order valence-corrected chi connectivity index (χ1v) is 7.51. The van der Waals surface area contributed by atoms with Crippen LogP contribution in [-0.4, -0.2) is 42.9 Å². The molecule has 6 heteroatoms. The number of nitrogens with one attached hydrogen (secondary N) is 2. The fourth-order valence-corrected chi connectivity index (χ4v) is 3.02. The van der Waals surface area contributed by atoms with Gasteiger partial charge in [0.1, 0.15) is 6.04 Å². The highest BCUT2D eigenvalue weighted by atomic mass is 16.5. The van der Waals surface area contributed by atoms with Crippen molar-refractivity contribution >= 4 is 12.0 Å². The molecule has 2 aliphatic rings. The first-order valence-electron chi connectivity index (χ1n) is 7.51. The number of hydrogen-bond acceptors (Lipinski definition) is 3. The van der Waals surface area contributed by atoms with Crippen LogP contribution in [0.15, 0.2) is 0 Å². The zero-order valence-electron chi connectivity index (χ0n) is 11.8.